The Bertz CT molecular complexity index is 990. The number of hydrogen-bond acceptors (Lipinski definition) is 7. The molecule has 0 aliphatic carbocycles. The number of esters is 1. The SMILES string of the molecule is CC(=O)OC(c1cc(Br)c(CCCCO)o1)C(C)C(=O)N1C(=O)OC(c2ccccc2)C1C. The second kappa shape index (κ2) is 11.0. The number of furan rings is 1. The van der Waals surface area contributed by atoms with Crippen molar-refractivity contribution < 1.29 is 33.4 Å². The molecule has 1 saturated heterocycles. The van der Waals surface area contributed by atoms with E-state index >= 15 is 0 Å². The van der Waals surface area contributed by atoms with Crippen molar-refractivity contribution in [3.63, 3.8) is 0 Å². The first-order valence-corrected chi connectivity index (χ1v) is 11.7. The standard InChI is InChI=1S/C24H28BrNO7/c1-14(21(31-16(3)28)20-13-18(25)19(32-20)11-7-8-12-27)23(29)26-15(2)22(33-24(26)30)17-9-5-4-6-10-17/h4-6,9-10,13-15,21-22,27H,7-8,11-12H2,1-3H3. The molecular weight excluding hydrogens is 494 g/mol. The summed E-state index contributed by atoms with van der Waals surface area (Å²) in [5.41, 5.74) is 0.792. The van der Waals surface area contributed by atoms with E-state index in [1.165, 1.54) is 6.92 Å². The van der Waals surface area contributed by atoms with Crippen LogP contribution < -0.4 is 0 Å². The smallest absolute Gasteiger partial charge is 0.417 e. The summed E-state index contributed by atoms with van der Waals surface area (Å²) in [4.78, 5) is 38.9. The first kappa shape index (κ1) is 25.0. The van der Waals surface area contributed by atoms with Gasteiger partial charge in [0.2, 0.25) is 5.91 Å². The van der Waals surface area contributed by atoms with Crippen LogP contribution in [0.1, 0.15) is 62.9 Å². The van der Waals surface area contributed by atoms with Crippen LogP contribution in [0.3, 0.4) is 0 Å². The average Bonchev–Trinajstić information content (AvgIpc) is 3.30. The summed E-state index contributed by atoms with van der Waals surface area (Å²) >= 11 is 3.44. The Balaban J connectivity index is 1.82. The fraction of sp³-hybridized carbons (Fsp3) is 0.458. The predicted octanol–water partition coefficient (Wildman–Crippen LogP) is 4.71. The Kier molecular flexibility index (Phi) is 8.31. The van der Waals surface area contributed by atoms with Crippen molar-refractivity contribution in [1.82, 2.24) is 4.90 Å². The highest BCUT2D eigenvalue weighted by molar-refractivity contribution is 9.10. The fourth-order valence-electron chi connectivity index (χ4n) is 3.91. The summed E-state index contributed by atoms with van der Waals surface area (Å²) in [6.07, 6.45) is -0.425. The maximum atomic E-state index is 13.4. The van der Waals surface area contributed by atoms with Crippen molar-refractivity contribution in [3.05, 3.63) is 58.0 Å². The van der Waals surface area contributed by atoms with Crippen LogP contribution in [-0.4, -0.2) is 40.6 Å². The zero-order chi connectivity index (χ0) is 24.1. The van der Waals surface area contributed by atoms with Crippen molar-refractivity contribution in [3.8, 4) is 0 Å². The number of nitrogens with zero attached hydrogens (tertiary/aromatic N) is 1. The Morgan fingerprint density at radius 2 is 1.94 bits per heavy atom. The molecule has 0 bridgehead atoms. The van der Waals surface area contributed by atoms with Crippen molar-refractivity contribution in [1.29, 1.82) is 0 Å². The van der Waals surface area contributed by atoms with Gasteiger partial charge in [-0.2, -0.15) is 0 Å². The molecule has 9 heteroatoms. The average molecular weight is 522 g/mol. The van der Waals surface area contributed by atoms with Gasteiger partial charge in [0.05, 0.1) is 16.4 Å². The lowest BCUT2D eigenvalue weighted by Gasteiger charge is -2.26. The monoisotopic (exact) mass is 521 g/mol. The highest BCUT2D eigenvalue weighted by atomic mass is 79.9. The molecule has 0 spiro atoms. The number of carbonyl (C=O) groups is 3. The van der Waals surface area contributed by atoms with Crippen LogP contribution in [0.25, 0.3) is 0 Å². The lowest BCUT2D eigenvalue weighted by molar-refractivity contribution is -0.154. The number of aryl methyl sites for hydroxylation is 1. The van der Waals surface area contributed by atoms with Gasteiger partial charge in [-0.1, -0.05) is 30.3 Å². The molecule has 178 valence electrons. The Labute approximate surface area is 201 Å². The zero-order valence-electron chi connectivity index (χ0n) is 18.8. The summed E-state index contributed by atoms with van der Waals surface area (Å²) in [6.45, 7) is 4.67. The number of aliphatic hydroxyl groups excluding tert-OH is 1. The molecule has 1 aromatic carbocycles. The van der Waals surface area contributed by atoms with E-state index in [2.05, 4.69) is 15.9 Å². The van der Waals surface area contributed by atoms with E-state index in [0.29, 0.717) is 35.3 Å². The number of cyclic esters (lactones) is 1. The number of unbranched alkanes of at least 4 members (excludes halogenated alkanes) is 1. The number of rotatable bonds is 9. The Morgan fingerprint density at radius 3 is 2.58 bits per heavy atom. The van der Waals surface area contributed by atoms with Crippen LogP contribution in [0.5, 0.6) is 0 Å². The maximum Gasteiger partial charge on any atom is 0.417 e. The van der Waals surface area contributed by atoms with Crippen LogP contribution >= 0.6 is 15.9 Å². The van der Waals surface area contributed by atoms with Gasteiger partial charge in [0.1, 0.15) is 17.6 Å². The molecule has 2 heterocycles. The number of aliphatic hydroxyl groups is 1. The van der Waals surface area contributed by atoms with Crippen molar-refractivity contribution >= 4 is 33.9 Å². The fourth-order valence-corrected chi connectivity index (χ4v) is 4.42. The van der Waals surface area contributed by atoms with E-state index in [0.717, 1.165) is 10.5 Å². The summed E-state index contributed by atoms with van der Waals surface area (Å²) in [6, 6.07) is 10.4. The van der Waals surface area contributed by atoms with Gasteiger partial charge in [-0.05, 0) is 54.2 Å². The number of hydrogen-bond donors (Lipinski definition) is 1. The molecule has 2 amide bonds. The van der Waals surface area contributed by atoms with Gasteiger partial charge in [0.15, 0.2) is 6.10 Å². The minimum atomic E-state index is -1.02. The molecule has 0 saturated carbocycles. The predicted molar refractivity (Wildman–Crippen MR) is 122 cm³/mol. The second-order valence-electron chi connectivity index (χ2n) is 8.08. The summed E-state index contributed by atoms with van der Waals surface area (Å²) in [5.74, 6) is -1.06. The highest BCUT2D eigenvalue weighted by Gasteiger charge is 2.46. The second-order valence-corrected chi connectivity index (χ2v) is 8.94. The van der Waals surface area contributed by atoms with Gasteiger partial charge >= 0.3 is 12.1 Å². The van der Waals surface area contributed by atoms with E-state index < -0.39 is 42.1 Å². The van der Waals surface area contributed by atoms with E-state index in [1.54, 1.807) is 19.9 Å². The molecule has 3 rings (SSSR count). The molecular formula is C24H28BrNO7. The number of benzene rings is 1. The zero-order valence-corrected chi connectivity index (χ0v) is 20.4. The Hall–Kier alpha value is -2.65. The van der Waals surface area contributed by atoms with Gasteiger partial charge in [-0.15, -0.1) is 0 Å². The van der Waals surface area contributed by atoms with Crippen molar-refractivity contribution in [2.45, 2.75) is 58.3 Å². The van der Waals surface area contributed by atoms with Gasteiger partial charge in [0, 0.05) is 20.0 Å². The first-order valence-electron chi connectivity index (χ1n) is 10.9. The van der Waals surface area contributed by atoms with Gasteiger partial charge in [0.25, 0.3) is 0 Å². The lowest BCUT2D eigenvalue weighted by Crippen LogP contribution is -2.43. The topological polar surface area (TPSA) is 106 Å². The molecule has 1 aliphatic heterocycles. The van der Waals surface area contributed by atoms with Gasteiger partial charge in [-0.25, -0.2) is 9.69 Å². The molecule has 33 heavy (non-hydrogen) atoms. The third-order valence-electron chi connectivity index (χ3n) is 5.64. The molecule has 1 N–H and O–H groups in total. The summed E-state index contributed by atoms with van der Waals surface area (Å²) in [5, 5.41) is 9.00. The molecule has 4 atom stereocenters. The number of imide groups is 1. The van der Waals surface area contributed by atoms with Gasteiger partial charge in [-0.3, -0.25) is 9.59 Å². The number of amides is 2. The van der Waals surface area contributed by atoms with Gasteiger partial charge < -0.3 is 19.0 Å². The van der Waals surface area contributed by atoms with Crippen molar-refractivity contribution in [2.24, 2.45) is 5.92 Å². The molecule has 1 aliphatic rings. The van der Waals surface area contributed by atoms with Crippen molar-refractivity contribution in [2.75, 3.05) is 6.61 Å². The largest absolute Gasteiger partial charge is 0.461 e. The van der Waals surface area contributed by atoms with E-state index in [9.17, 15) is 14.4 Å². The molecule has 4 unspecified atom stereocenters. The third-order valence-corrected chi connectivity index (χ3v) is 6.31. The normalized spacial score (nSPS) is 19.8. The molecule has 1 fully saturated rings. The van der Waals surface area contributed by atoms with E-state index in [-0.39, 0.29) is 6.61 Å². The Morgan fingerprint density at radius 1 is 1.24 bits per heavy atom. The lowest BCUT2D eigenvalue weighted by atomic mass is 9.98. The minimum absolute atomic E-state index is 0.0842. The van der Waals surface area contributed by atoms with E-state index in [4.69, 9.17) is 19.0 Å². The van der Waals surface area contributed by atoms with Crippen LogP contribution in [0.15, 0.2) is 45.3 Å². The number of ether oxygens (including phenoxy) is 2. The number of carbonyl (C=O) groups excluding carboxylic acids is 3. The minimum Gasteiger partial charge on any atom is -0.461 e. The molecule has 0 radical (unpaired) electrons. The number of halogens is 1. The molecule has 1 aromatic heterocycles. The molecule has 2 aromatic rings. The maximum absolute atomic E-state index is 13.4. The summed E-state index contributed by atoms with van der Waals surface area (Å²) in [7, 11) is 0. The van der Waals surface area contributed by atoms with Crippen LogP contribution in [0.4, 0.5) is 4.79 Å². The van der Waals surface area contributed by atoms with Crippen LogP contribution in [0, 0.1) is 5.92 Å². The van der Waals surface area contributed by atoms with Crippen LogP contribution in [0.2, 0.25) is 0 Å². The third kappa shape index (κ3) is 5.65. The summed E-state index contributed by atoms with van der Waals surface area (Å²) < 4.78 is 17.6. The van der Waals surface area contributed by atoms with Crippen LogP contribution in [-0.2, 0) is 25.5 Å². The van der Waals surface area contributed by atoms with E-state index in [1.807, 2.05) is 30.3 Å². The first-order chi connectivity index (χ1) is 15.7. The molecule has 8 nitrogen and oxygen atoms in total. The highest BCUT2D eigenvalue weighted by Crippen LogP contribution is 2.37. The quantitative estimate of drug-likeness (QED) is 0.376.